The molecule has 0 aliphatic carbocycles. The third-order valence-corrected chi connectivity index (χ3v) is 10.2. The number of nitrogens with zero attached hydrogens (tertiary/aromatic N) is 9. The Morgan fingerprint density at radius 3 is 1.65 bits per heavy atom. The molecule has 0 bridgehead atoms. The van der Waals surface area contributed by atoms with Crippen LogP contribution in [0.3, 0.4) is 0 Å². The lowest BCUT2D eigenvalue weighted by Crippen LogP contribution is -2.45. The highest BCUT2D eigenvalue weighted by atomic mass is 35.5. The second-order valence-corrected chi connectivity index (χ2v) is 15.1. The zero-order chi connectivity index (χ0) is 41.6. The molecule has 2 saturated heterocycles. The van der Waals surface area contributed by atoms with Crippen molar-refractivity contribution in [2.45, 2.75) is 35.2 Å². The SMILES string of the molecule is CN(C)C1CNN(C(=O)Cc2ccc(F)cc2)C1.CSc1nccc(C(=O)Cl)n1.CSc1nccc(C(=O)N2CC(N(C)C)CN2C(=O)Cc2ccc(F)cc2)n1. The highest BCUT2D eigenvalue weighted by molar-refractivity contribution is 7.98. The summed E-state index contributed by atoms with van der Waals surface area (Å²) in [5.74, 6) is -1.17. The van der Waals surface area contributed by atoms with E-state index in [1.54, 1.807) is 35.3 Å². The summed E-state index contributed by atoms with van der Waals surface area (Å²) in [5.41, 5.74) is 5.10. The lowest BCUT2D eigenvalue weighted by Gasteiger charge is -2.27. The molecule has 6 rings (SSSR count). The van der Waals surface area contributed by atoms with E-state index in [2.05, 4.69) is 30.3 Å². The van der Waals surface area contributed by atoms with E-state index in [9.17, 15) is 28.0 Å². The first-order valence-corrected chi connectivity index (χ1v) is 20.4. The average Bonchev–Trinajstić information content (AvgIpc) is 3.90. The standard InChI is InChI=1S/C19H22FN5O2S.C13H18FN3O.C6H5ClN2OS/c1-23(2)15-11-24(17(26)10-13-4-6-14(20)7-5-13)25(12-15)18(27)16-8-9-21-19(22-16)28-3;1-16(2)12-8-15-17(9-12)13(18)7-10-3-5-11(14)6-4-10;1-11-6-8-3-2-4(9-6)5(7)10/h4-9,15H,10-12H2,1-3H3;3-6,12,15H,7-9H2,1-2H3;2-3H,1H3. The maximum atomic E-state index is 13.1. The molecule has 2 aromatic heterocycles. The van der Waals surface area contributed by atoms with Crippen molar-refractivity contribution < 1.29 is 28.0 Å². The van der Waals surface area contributed by atoms with E-state index in [0.29, 0.717) is 48.0 Å². The number of aromatic nitrogens is 4. The molecule has 2 aromatic carbocycles. The van der Waals surface area contributed by atoms with E-state index >= 15 is 0 Å². The minimum absolute atomic E-state index is 0.0166. The summed E-state index contributed by atoms with van der Waals surface area (Å²) in [6.45, 7) is 2.26. The molecule has 14 nitrogen and oxygen atoms in total. The number of rotatable bonds is 10. The van der Waals surface area contributed by atoms with Crippen molar-refractivity contribution in [3.8, 4) is 0 Å². The highest BCUT2D eigenvalue weighted by Crippen LogP contribution is 2.20. The monoisotopic (exact) mass is 842 g/mol. The van der Waals surface area contributed by atoms with Gasteiger partial charge >= 0.3 is 0 Å². The summed E-state index contributed by atoms with van der Waals surface area (Å²) >= 11 is 7.91. The smallest absolute Gasteiger partial charge is 0.291 e. The van der Waals surface area contributed by atoms with Crippen LogP contribution in [0.15, 0.2) is 83.4 Å². The first-order valence-electron chi connectivity index (χ1n) is 17.6. The second kappa shape index (κ2) is 21.8. The molecule has 0 spiro atoms. The van der Waals surface area contributed by atoms with Crippen LogP contribution in [0.5, 0.6) is 0 Å². The van der Waals surface area contributed by atoms with Crippen molar-refractivity contribution in [2.24, 2.45) is 0 Å². The molecular weight excluding hydrogens is 798 g/mol. The van der Waals surface area contributed by atoms with E-state index in [4.69, 9.17) is 11.6 Å². The number of hydrogen-bond donors (Lipinski definition) is 1. The molecular formula is C38H45ClF2N10O4S2. The summed E-state index contributed by atoms with van der Waals surface area (Å²) < 4.78 is 25.9. The number of amides is 3. The Morgan fingerprint density at radius 1 is 0.702 bits per heavy atom. The summed E-state index contributed by atoms with van der Waals surface area (Å²) in [5, 5.41) is 5.06. The Balaban J connectivity index is 0.000000211. The highest BCUT2D eigenvalue weighted by Gasteiger charge is 2.38. The van der Waals surface area contributed by atoms with Gasteiger partial charge in [-0.1, -0.05) is 47.8 Å². The number of carbonyl (C=O) groups is 4. The molecule has 0 radical (unpaired) electrons. The number of hydrazine groups is 2. The topological polar surface area (TPSA) is 148 Å². The Labute approximate surface area is 344 Å². The molecule has 304 valence electrons. The van der Waals surface area contributed by atoms with Gasteiger partial charge in [0.1, 0.15) is 23.0 Å². The van der Waals surface area contributed by atoms with Gasteiger partial charge in [-0.15, -0.1) is 0 Å². The summed E-state index contributed by atoms with van der Waals surface area (Å²) in [6.07, 6.45) is 7.10. The minimum atomic E-state index is -0.553. The predicted octanol–water partition coefficient (Wildman–Crippen LogP) is 3.93. The van der Waals surface area contributed by atoms with Crippen LogP contribution >= 0.6 is 35.1 Å². The normalized spacial score (nSPS) is 16.2. The number of hydrogen-bond acceptors (Lipinski definition) is 13. The first-order chi connectivity index (χ1) is 27.2. The van der Waals surface area contributed by atoms with Crippen LogP contribution in [0, 0.1) is 11.6 Å². The Kier molecular flexibility index (Phi) is 17.3. The van der Waals surface area contributed by atoms with Crippen LogP contribution in [0.25, 0.3) is 0 Å². The largest absolute Gasteiger partial charge is 0.303 e. The molecule has 1 N–H and O–H groups in total. The Hall–Kier alpha value is -4.59. The van der Waals surface area contributed by atoms with Gasteiger partial charge in [0.2, 0.25) is 11.8 Å². The van der Waals surface area contributed by atoms with Gasteiger partial charge in [-0.05, 0) is 99.8 Å². The van der Waals surface area contributed by atoms with E-state index in [1.807, 2.05) is 45.6 Å². The number of thioether (sulfide) groups is 2. The van der Waals surface area contributed by atoms with E-state index < -0.39 is 5.24 Å². The van der Waals surface area contributed by atoms with Gasteiger partial charge in [-0.25, -0.2) is 44.2 Å². The number of nitrogens with one attached hydrogen (secondary N) is 1. The van der Waals surface area contributed by atoms with Crippen molar-refractivity contribution in [1.29, 1.82) is 0 Å². The third kappa shape index (κ3) is 13.5. The summed E-state index contributed by atoms with van der Waals surface area (Å²) in [7, 11) is 7.83. The fourth-order valence-electron chi connectivity index (χ4n) is 5.48. The van der Waals surface area contributed by atoms with Crippen LogP contribution in [-0.2, 0) is 22.4 Å². The number of halogens is 3. The molecule has 4 heterocycles. The van der Waals surface area contributed by atoms with Gasteiger partial charge in [0.25, 0.3) is 11.1 Å². The fourth-order valence-corrected chi connectivity index (χ4v) is 6.30. The van der Waals surface area contributed by atoms with Crippen molar-refractivity contribution in [3.63, 3.8) is 0 Å². The molecule has 19 heteroatoms. The van der Waals surface area contributed by atoms with Gasteiger partial charge in [-0.2, -0.15) is 0 Å². The maximum Gasteiger partial charge on any atom is 0.291 e. The minimum Gasteiger partial charge on any atom is -0.303 e. The first kappa shape index (κ1) is 45.1. The van der Waals surface area contributed by atoms with Crippen LogP contribution in [0.2, 0.25) is 0 Å². The molecule has 3 amide bonds. The van der Waals surface area contributed by atoms with Gasteiger partial charge < -0.3 is 9.80 Å². The number of benzene rings is 2. The number of likely N-dealkylation sites (N-methyl/N-ethyl adjacent to an activating group) is 2. The molecule has 0 saturated carbocycles. The van der Waals surface area contributed by atoms with Gasteiger partial charge in [-0.3, -0.25) is 24.2 Å². The predicted molar refractivity (Wildman–Crippen MR) is 215 cm³/mol. The lowest BCUT2D eigenvalue weighted by molar-refractivity contribution is -0.139. The molecule has 4 aromatic rings. The molecule has 2 aliphatic heterocycles. The van der Waals surface area contributed by atoms with Crippen LogP contribution in [0.4, 0.5) is 8.78 Å². The van der Waals surface area contributed by atoms with Crippen molar-refractivity contribution in [3.05, 3.63) is 107 Å². The van der Waals surface area contributed by atoms with Gasteiger partial charge in [0, 0.05) is 31.0 Å². The maximum absolute atomic E-state index is 13.1. The summed E-state index contributed by atoms with van der Waals surface area (Å²) in [4.78, 5) is 68.8. The van der Waals surface area contributed by atoms with E-state index in [-0.39, 0.29) is 53.2 Å². The quantitative estimate of drug-likeness (QED) is 0.140. The zero-order valence-electron chi connectivity index (χ0n) is 32.4. The molecule has 2 atom stereocenters. The third-order valence-electron chi connectivity index (χ3n) is 8.84. The van der Waals surface area contributed by atoms with Gasteiger partial charge in [0.15, 0.2) is 10.3 Å². The fraction of sp³-hybridized carbons (Fsp3) is 0.368. The van der Waals surface area contributed by atoms with Crippen molar-refractivity contribution >= 4 is 58.1 Å². The zero-order valence-corrected chi connectivity index (χ0v) is 34.8. The Morgan fingerprint density at radius 2 is 1.18 bits per heavy atom. The lowest BCUT2D eigenvalue weighted by atomic mass is 10.1. The second-order valence-electron chi connectivity index (χ2n) is 13.2. The van der Waals surface area contributed by atoms with Gasteiger partial charge in [0.05, 0.1) is 32.5 Å². The van der Waals surface area contributed by atoms with Crippen molar-refractivity contribution in [2.75, 3.05) is 66.9 Å². The molecule has 2 aliphatic rings. The molecule has 2 fully saturated rings. The van der Waals surface area contributed by atoms with E-state index in [1.165, 1.54) is 76.3 Å². The average molecular weight is 843 g/mol. The molecule has 2 unspecified atom stereocenters. The van der Waals surface area contributed by atoms with Crippen LogP contribution < -0.4 is 5.43 Å². The Bertz CT molecular complexity index is 1980. The molecule has 57 heavy (non-hydrogen) atoms. The van der Waals surface area contributed by atoms with E-state index in [0.717, 1.165) is 12.1 Å². The van der Waals surface area contributed by atoms with Crippen molar-refractivity contribution in [1.82, 2.24) is 50.2 Å². The summed E-state index contributed by atoms with van der Waals surface area (Å²) in [6, 6.07) is 15.2. The van der Waals surface area contributed by atoms with Crippen LogP contribution in [0.1, 0.15) is 32.1 Å². The van der Waals surface area contributed by atoms with Crippen LogP contribution in [-0.4, -0.2) is 147 Å². The number of carbonyl (C=O) groups excluding carboxylic acids is 4.